The number of alkyl halides is 1. The summed E-state index contributed by atoms with van der Waals surface area (Å²) in [6.45, 7) is 0. The van der Waals surface area contributed by atoms with E-state index in [1.165, 1.54) is 12.1 Å². The number of nitrogen functional groups attached to an aromatic ring is 1. The highest BCUT2D eigenvalue weighted by atomic mass is 79.9. The Kier molecular flexibility index (Phi) is 3.17. The lowest BCUT2D eigenvalue weighted by Crippen LogP contribution is -2.05. The van der Waals surface area contributed by atoms with Crippen molar-refractivity contribution in [3.63, 3.8) is 0 Å². The van der Waals surface area contributed by atoms with E-state index in [1.807, 2.05) is 0 Å². The summed E-state index contributed by atoms with van der Waals surface area (Å²) >= 11 is 8.74. The van der Waals surface area contributed by atoms with E-state index in [9.17, 15) is 4.79 Å². The van der Waals surface area contributed by atoms with Gasteiger partial charge in [0.1, 0.15) is 5.75 Å². The molecule has 0 bridgehead atoms. The molecule has 0 aliphatic carbocycles. The number of aromatic hydroxyl groups is 1. The number of Topliss-reactive ketones (excluding diaryl/α,β-unsaturated/α-hetero) is 1. The lowest BCUT2D eigenvalue weighted by Gasteiger charge is -2.05. The normalized spacial score (nSPS) is 10.0. The number of carbonyl (C=O) groups is 1. The fourth-order valence-corrected chi connectivity index (χ4v) is 1.58. The number of carbonyl (C=O) groups excluding carboxylic acids is 1. The molecule has 13 heavy (non-hydrogen) atoms. The van der Waals surface area contributed by atoms with Crippen molar-refractivity contribution in [3.05, 3.63) is 22.7 Å². The van der Waals surface area contributed by atoms with Gasteiger partial charge in [0, 0.05) is 11.8 Å². The van der Waals surface area contributed by atoms with Gasteiger partial charge in [-0.25, -0.2) is 0 Å². The highest BCUT2D eigenvalue weighted by Crippen LogP contribution is 2.28. The van der Waals surface area contributed by atoms with Gasteiger partial charge in [-0.1, -0.05) is 27.5 Å². The number of nitrogens with two attached hydrogens (primary N) is 1. The third-order valence-electron chi connectivity index (χ3n) is 1.51. The molecule has 0 saturated carbocycles. The second kappa shape index (κ2) is 3.98. The number of hydrogen-bond acceptors (Lipinski definition) is 3. The molecule has 1 aromatic rings. The molecule has 0 heterocycles. The van der Waals surface area contributed by atoms with Crippen LogP contribution in [-0.4, -0.2) is 16.2 Å². The minimum atomic E-state index is -0.206. The monoisotopic (exact) mass is 263 g/mol. The summed E-state index contributed by atoms with van der Waals surface area (Å²) in [4.78, 5) is 11.3. The van der Waals surface area contributed by atoms with Crippen molar-refractivity contribution >= 4 is 39.0 Å². The fraction of sp³-hybridized carbons (Fsp3) is 0.125. The summed E-state index contributed by atoms with van der Waals surface area (Å²) in [5, 5.41) is 9.41. The van der Waals surface area contributed by atoms with Gasteiger partial charge in [-0.15, -0.1) is 0 Å². The number of benzene rings is 1. The molecule has 0 fully saturated rings. The van der Waals surface area contributed by atoms with Crippen molar-refractivity contribution in [2.45, 2.75) is 0 Å². The summed E-state index contributed by atoms with van der Waals surface area (Å²) in [5.41, 5.74) is 5.95. The van der Waals surface area contributed by atoms with Crippen LogP contribution in [0.5, 0.6) is 5.75 Å². The molecule has 3 N–H and O–H groups in total. The zero-order valence-corrected chi connectivity index (χ0v) is 8.89. The Bertz CT molecular complexity index is 331. The molecular formula is C8H7BrClNO2. The Balaban J connectivity index is 3.28. The predicted molar refractivity (Wildman–Crippen MR) is 55.7 cm³/mol. The van der Waals surface area contributed by atoms with Crippen LogP contribution in [0.1, 0.15) is 10.4 Å². The maximum absolute atomic E-state index is 11.3. The van der Waals surface area contributed by atoms with Gasteiger partial charge in [0.15, 0.2) is 5.78 Å². The molecule has 1 rings (SSSR count). The van der Waals surface area contributed by atoms with E-state index in [0.29, 0.717) is 0 Å². The average Bonchev–Trinajstić information content (AvgIpc) is 2.02. The summed E-state index contributed by atoms with van der Waals surface area (Å²) in [6.07, 6.45) is 0. The number of anilines is 1. The molecule has 0 spiro atoms. The zero-order chi connectivity index (χ0) is 10.0. The van der Waals surface area contributed by atoms with Crippen LogP contribution < -0.4 is 5.73 Å². The Labute approximate surface area is 88.6 Å². The molecule has 0 aliphatic rings. The molecule has 1 aromatic carbocycles. The Morgan fingerprint density at radius 2 is 2.23 bits per heavy atom. The van der Waals surface area contributed by atoms with Crippen LogP contribution in [0.15, 0.2) is 12.1 Å². The summed E-state index contributed by atoms with van der Waals surface area (Å²) in [6, 6.07) is 2.58. The first-order chi connectivity index (χ1) is 6.06. The van der Waals surface area contributed by atoms with Crippen LogP contribution in [0.3, 0.4) is 0 Å². The molecule has 0 aromatic heterocycles. The van der Waals surface area contributed by atoms with Crippen molar-refractivity contribution in [2.24, 2.45) is 0 Å². The van der Waals surface area contributed by atoms with Crippen molar-refractivity contribution in [2.75, 3.05) is 11.1 Å². The second-order valence-corrected chi connectivity index (χ2v) is 3.42. The Morgan fingerprint density at radius 3 is 2.69 bits per heavy atom. The van der Waals surface area contributed by atoms with E-state index in [4.69, 9.17) is 22.4 Å². The van der Waals surface area contributed by atoms with Crippen LogP contribution in [0, 0.1) is 0 Å². The van der Waals surface area contributed by atoms with E-state index >= 15 is 0 Å². The maximum atomic E-state index is 11.3. The van der Waals surface area contributed by atoms with E-state index in [-0.39, 0.29) is 33.1 Å². The van der Waals surface area contributed by atoms with Crippen LogP contribution >= 0.6 is 27.5 Å². The standard InChI is InChI=1S/C8H7BrClNO2/c9-3-7(13)8-5(10)1-4(12)2-6(8)11/h1-2,12H,3,11H2. The molecule has 3 nitrogen and oxygen atoms in total. The third-order valence-corrected chi connectivity index (χ3v) is 2.31. The molecule has 0 aliphatic heterocycles. The lowest BCUT2D eigenvalue weighted by atomic mass is 10.1. The third kappa shape index (κ3) is 2.14. The van der Waals surface area contributed by atoms with Gasteiger partial charge in [0.25, 0.3) is 0 Å². The molecule has 0 amide bonds. The number of ketones is 1. The summed E-state index contributed by atoms with van der Waals surface area (Å²) < 4.78 is 0. The highest BCUT2D eigenvalue weighted by Gasteiger charge is 2.13. The predicted octanol–water partition coefficient (Wildman–Crippen LogP) is 2.21. The molecule has 0 saturated heterocycles. The van der Waals surface area contributed by atoms with Gasteiger partial charge in [0.2, 0.25) is 0 Å². The number of hydrogen-bond donors (Lipinski definition) is 2. The van der Waals surface area contributed by atoms with E-state index in [1.54, 1.807) is 0 Å². The number of rotatable bonds is 2. The largest absolute Gasteiger partial charge is 0.508 e. The summed E-state index contributed by atoms with van der Waals surface area (Å²) in [5.74, 6) is -0.254. The average molecular weight is 265 g/mol. The van der Waals surface area contributed by atoms with Crippen molar-refractivity contribution in [3.8, 4) is 5.75 Å². The molecule has 0 atom stereocenters. The van der Waals surface area contributed by atoms with Crippen LogP contribution in [-0.2, 0) is 0 Å². The quantitative estimate of drug-likeness (QED) is 0.489. The van der Waals surface area contributed by atoms with E-state index in [2.05, 4.69) is 15.9 Å². The summed E-state index contributed by atoms with van der Waals surface area (Å²) in [7, 11) is 0. The first-order valence-electron chi connectivity index (χ1n) is 3.43. The van der Waals surface area contributed by atoms with Crippen molar-refractivity contribution < 1.29 is 9.90 Å². The van der Waals surface area contributed by atoms with Crippen molar-refractivity contribution in [1.82, 2.24) is 0 Å². The smallest absolute Gasteiger partial charge is 0.176 e. The minimum absolute atomic E-state index is 0.0476. The highest BCUT2D eigenvalue weighted by molar-refractivity contribution is 9.09. The van der Waals surface area contributed by atoms with Gasteiger partial charge < -0.3 is 10.8 Å². The Morgan fingerprint density at radius 1 is 1.62 bits per heavy atom. The van der Waals surface area contributed by atoms with Crippen molar-refractivity contribution in [1.29, 1.82) is 0 Å². The number of halogens is 2. The Hall–Kier alpha value is -0.740. The lowest BCUT2D eigenvalue weighted by molar-refractivity contribution is 0.102. The van der Waals surface area contributed by atoms with E-state index in [0.717, 1.165) is 0 Å². The first-order valence-corrected chi connectivity index (χ1v) is 4.93. The number of phenols is 1. The molecule has 5 heteroatoms. The van der Waals surface area contributed by atoms with Crippen LogP contribution in [0.2, 0.25) is 5.02 Å². The molecule has 70 valence electrons. The SMILES string of the molecule is Nc1cc(O)cc(Cl)c1C(=O)CBr. The van der Waals surface area contributed by atoms with Gasteiger partial charge in [0.05, 0.1) is 15.9 Å². The topological polar surface area (TPSA) is 63.3 Å². The first kappa shape index (κ1) is 10.3. The van der Waals surface area contributed by atoms with Gasteiger partial charge in [-0.2, -0.15) is 0 Å². The zero-order valence-electron chi connectivity index (χ0n) is 6.55. The van der Waals surface area contributed by atoms with Crippen LogP contribution in [0.4, 0.5) is 5.69 Å². The van der Waals surface area contributed by atoms with E-state index < -0.39 is 0 Å². The van der Waals surface area contributed by atoms with Crippen LogP contribution in [0.25, 0.3) is 0 Å². The van der Waals surface area contributed by atoms with Gasteiger partial charge >= 0.3 is 0 Å². The van der Waals surface area contributed by atoms with Gasteiger partial charge in [-0.3, -0.25) is 4.79 Å². The minimum Gasteiger partial charge on any atom is -0.508 e. The second-order valence-electron chi connectivity index (χ2n) is 2.45. The van der Waals surface area contributed by atoms with Gasteiger partial charge in [-0.05, 0) is 6.07 Å². The number of phenolic OH excluding ortho intramolecular Hbond substituents is 1. The fourth-order valence-electron chi connectivity index (χ4n) is 0.974. The molecular weight excluding hydrogens is 257 g/mol. The molecule has 0 radical (unpaired) electrons. The maximum Gasteiger partial charge on any atom is 0.176 e. The molecule has 0 unspecified atom stereocenters.